The molecule has 1 fully saturated rings. The van der Waals surface area contributed by atoms with Gasteiger partial charge >= 0.3 is 5.97 Å². The maximum absolute atomic E-state index is 12.8. The molecule has 3 aromatic carbocycles. The fourth-order valence-electron chi connectivity index (χ4n) is 5.79. The first-order chi connectivity index (χ1) is 18.2. The summed E-state index contributed by atoms with van der Waals surface area (Å²) in [7, 11) is 0. The number of piperidine rings is 1. The Morgan fingerprint density at radius 1 is 0.816 bits per heavy atom. The molecule has 0 aliphatic carbocycles. The van der Waals surface area contributed by atoms with Crippen LogP contribution in [0.4, 0.5) is 0 Å². The Bertz CT molecular complexity index is 1160. The third kappa shape index (κ3) is 6.40. The lowest BCUT2D eigenvalue weighted by Gasteiger charge is -2.42. The first-order valence-electron chi connectivity index (χ1n) is 13.6. The predicted octanol–water partition coefficient (Wildman–Crippen LogP) is 6.05. The van der Waals surface area contributed by atoms with Crippen molar-refractivity contribution in [3.63, 3.8) is 0 Å². The van der Waals surface area contributed by atoms with Crippen molar-refractivity contribution in [2.24, 2.45) is 5.92 Å². The molecule has 4 rings (SSSR count). The Labute approximate surface area is 226 Å². The number of aliphatic hydroxyl groups is 1. The van der Waals surface area contributed by atoms with Crippen LogP contribution in [0.5, 0.6) is 0 Å². The molecule has 3 aromatic rings. The normalized spacial score (nSPS) is 15.3. The van der Waals surface area contributed by atoms with Crippen molar-refractivity contribution in [3.05, 3.63) is 107 Å². The smallest absolute Gasteiger partial charge is 0.304 e. The number of carboxylic acid groups (broad SMARTS) is 1. The molecule has 200 valence electrons. The standard InChI is InChI=1S/C33H39NO4/c1-32(2,24-31(36)37)26-17-15-25(16-18-26)30(35)14-9-21-34-22-19-29(20-23-34)33(38,27-10-5-3-6-11-27)28-12-7-4-8-13-28/h3-8,10-13,15-18,29,38H,9,14,19-24H2,1-2H3,(H,36,37). The van der Waals surface area contributed by atoms with Gasteiger partial charge in [-0.2, -0.15) is 0 Å². The van der Waals surface area contributed by atoms with E-state index < -0.39 is 17.0 Å². The van der Waals surface area contributed by atoms with Gasteiger partial charge < -0.3 is 15.1 Å². The van der Waals surface area contributed by atoms with Crippen molar-refractivity contribution in [1.82, 2.24) is 4.90 Å². The van der Waals surface area contributed by atoms with Crippen LogP contribution in [0.25, 0.3) is 0 Å². The first kappa shape index (κ1) is 27.7. The zero-order valence-corrected chi connectivity index (χ0v) is 22.5. The lowest BCUT2D eigenvalue weighted by molar-refractivity contribution is -0.138. The molecule has 1 aliphatic heterocycles. The van der Waals surface area contributed by atoms with Crippen LogP contribution in [0.1, 0.15) is 73.0 Å². The van der Waals surface area contributed by atoms with Crippen LogP contribution in [0.2, 0.25) is 0 Å². The van der Waals surface area contributed by atoms with E-state index in [1.807, 2.05) is 98.8 Å². The minimum Gasteiger partial charge on any atom is -0.481 e. The van der Waals surface area contributed by atoms with Gasteiger partial charge in [0, 0.05) is 17.4 Å². The SMILES string of the molecule is CC(C)(CC(=O)O)c1ccc(C(=O)CCCN2CCC(C(O)(c3ccccc3)c3ccccc3)CC2)cc1. The number of likely N-dealkylation sites (tertiary alicyclic amines) is 1. The summed E-state index contributed by atoms with van der Waals surface area (Å²) in [6.07, 6.45) is 3.10. The second-order valence-corrected chi connectivity index (χ2v) is 11.2. The van der Waals surface area contributed by atoms with Crippen LogP contribution < -0.4 is 0 Å². The van der Waals surface area contributed by atoms with E-state index in [-0.39, 0.29) is 18.1 Å². The van der Waals surface area contributed by atoms with Crippen molar-refractivity contribution in [2.45, 2.75) is 57.0 Å². The summed E-state index contributed by atoms with van der Waals surface area (Å²) < 4.78 is 0. The number of rotatable bonds is 11. The average Bonchev–Trinajstić information content (AvgIpc) is 2.93. The van der Waals surface area contributed by atoms with Gasteiger partial charge in [0.1, 0.15) is 5.60 Å². The van der Waals surface area contributed by atoms with Gasteiger partial charge in [-0.05, 0) is 61.5 Å². The highest BCUT2D eigenvalue weighted by atomic mass is 16.4. The van der Waals surface area contributed by atoms with Gasteiger partial charge in [-0.3, -0.25) is 9.59 Å². The molecule has 5 heteroatoms. The largest absolute Gasteiger partial charge is 0.481 e. The van der Waals surface area contributed by atoms with Crippen LogP contribution in [0.15, 0.2) is 84.9 Å². The summed E-state index contributed by atoms with van der Waals surface area (Å²) in [4.78, 5) is 26.3. The summed E-state index contributed by atoms with van der Waals surface area (Å²) >= 11 is 0. The van der Waals surface area contributed by atoms with Crippen LogP contribution in [-0.4, -0.2) is 46.5 Å². The molecule has 0 bridgehead atoms. The van der Waals surface area contributed by atoms with Crippen molar-refractivity contribution in [3.8, 4) is 0 Å². The van der Waals surface area contributed by atoms with Gasteiger partial charge in [-0.15, -0.1) is 0 Å². The quantitative estimate of drug-likeness (QED) is 0.305. The van der Waals surface area contributed by atoms with Crippen LogP contribution >= 0.6 is 0 Å². The topological polar surface area (TPSA) is 77.8 Å². The molecule has 0 saturated carbocycles. The van der Waals surface area contributed by atoms with Crippen molar-refractivity contribution in [1.29, 1.82) is 0 Å². The maximum Gasteiger partial charge on any atom is 0.304 e. The Morgan fingerprint density at radius 3 is 1.84 bits per heavy atom. The van der Waals surface area contributed by atoms with Crippen LogP contribution in [-0.2, 0) is 15.8 Å². The third-order valence-corrected chi connectivity index (χ3v) is 8.07. The number of nitrogens with zero attached hydrogens (tertiary/aromatic N) is 1. The Kier molecular flexibility index (Phi) is 8.80. The number of carbonyl (C=O) groups is 2. The van der Waals surface area contributed by atoms with Gasteiger partial charge in [0.15, 0.2) is 5.78 Å². The molecule has 0 aromatic heterocycles. The molecule has 2 N–H and O–H groups in total. The molecule has 1 saturated heterocycles. The summed E-state index contributed by atoms with van der Waals surface area (Å²) in [5, 5.41) is 21.2. The first-order valence-corrected chi connectivity index (χ1v) is 13.6. The number of Topliss-reactive ketones (excluding diaryl/α,β-unsaturated/α-hetero) is 1. The molecule has 38 heavy (non-hydrogen) atoms. The number of aliphatic carboxylic acids is 1. The molecule has 0 radical (unpaired) electrons. The number of hydrogen-bond acceptors (Lipinski definition) is 4. The third-order valence-electron chi connectivity index (χ3n) is 8.07. The summed E-state index contributed by atoms with van der Waals surface area (Å²) in [6, 6.07) is 27.4. The molecule has 0 spiro atoms. The summed E-state index contributed by atoms with van der Waals surface area (Å²) in [6.45, 7) is 6.46. The molecule has 0 atom stereocenters. The minimum atomic E-state index is -1.02. The van der Waals surface area contributed by atoms with Gasteiger partial charge in [0.2, 0.25) is 0 Å². The molecule has 0 amide bonds. The fourth-order valence-corrected chi connectivity index (χ4v) is 5.79. The van der Waals surface area contributed by atoms with Crippen molar-refractivity contribution >= 4 is 11.8 Å². The Morgan fingerprint density at radius 2 is 1.34 bits per heavy atom. The van der Waals surface area contributed by atoms with Crippen molar-refractivity contribution < 1.29 is 19.8 Å². The van der Waals surface area contributed by atoms with E-state index in [0.717, 1.165) is 55.6 Å². The zero-order valence-electron chi connectivity index (χ0n) is 22.5. The summed E-state index contributed by atoms with van der Waals surface area (Å²) in [5.74, 6) is -0.594. The number of carbonyl (C=O) groups excluding carboxylic acids is 1. The molecular weight excluding hydrogens is 474 g/mol. The monoisotopic (exact) mass is 513 g/mol. The molecule has 1 heterocycles. The van der Waals surface area contributed by atoms with E-state index >= 15 is 0 Å². The molecule has 1 aliphatic rings. The van der Waals surface area contributed by atoms with Gasteiger partial charge in [-0.25, -0.2) is 0 Å². The number of ketones is 1. The highest BCUT2D eigenvalue weighted by molar-refractivity contribution is 5.96. The number of benzene rings is 3. The van der Waals surface area contributed by atoms with Gasteiger partial charge in [0.05, 0.1) is 6.42 Å². The fraction of sp³-hybridized carbons (Fsp3) is 0.394. The van der Waals surface area contributed by atoms with E-state index in [9.17, 15) is 14.7 Å². The second-order valence-electron chi connectivity index (χ2n) is 11.2. The highest BCUT2D eigenvalue weighted by Crippen LogP contribution is 2.41. The Balaban J connectivity index is 1.30. The summed E-state index contributed by atoms with van der Waals surface area (Å²) in [5.41, 5.74) is 1.97. The average molecular weight is 514 g/mol. The van der Waals surface area contributed by atoms with Crippen LogP contribution in [0.3, 0.4) is 0 Å². The number of hydrogen-bond donors (Lipinski definition) is 2. The molecular formula is C33H39NO4. The predicted molar refractivity (Wildman–Crippen MR) is 150 cm³/mol. The minimum absolute atomic E-state index is 0.0467. The van der Waals surface area contributed by atoms with Crippen LogP contribution in [0, 0.1) is 5.92 Å². The second kappa shape index (κ2) is 12.1. The maximum atomic E-state index is 12.8. The molecule has 0 unspecified atom stereocenters. The number of carboxylic acids is 1. The van der Waals surface area contributed by atoms with E-state index in [2.05, 4.69) is 4.90 Å². The Hall–Kier alpha value is -3.28. The van der Waals surface area contributed by atoms with E-state index in [1.54, 1.807) is 0 Å². The van der Waals surface area contributed by atoms with E-state index in [1.165, 1.54) is 0 Å². The van der Waals surface area contributed by atoms with Crippen molar-refractivity contribution in [2.75, 3.05) is 19.6 Å². The lowest BCUT2D eigenvalue weighted by Crippen LogP contribution is -2.44. The van der Waals surface area contributed by atoms with Gasteiger partial charge in [-0.1, -0.05) is 98.8 Å². The zero-order chi connectivity index (χ0) is 27.2. The molecule has 5 nitrogen and oxygen atoms in total. The van der Waals surface area contributed by atoms with E-state index in [4.69, 9.17) is 5.11 Å². The highest BCUT2D eigenvalue weighted by Gasteiger charge is 2.41. The van der Waals surface area contributed by atoms with Gasteiger partial charge in [0.25, 0.3) is 0 Å². The lowest BCUT2D eigenvalue weighted by atomic mass is 9.72. The van der Waals surface area contributed by atoms with E-state index in [0.29, 0.717) is 12.0 Å².